The molecule has 2 nitrogen and oxygen atoms in total. The molecule has 0 aliphatic carbocycles. The van der Waals surface area contributed by atoms with Crippen LogP contribution in [0.2, 0.25) is 0 Å². The fraction of sp³-hybridized carbons (Fsp3) is 0.938. The molecule has 0 bridgehead atoms. The lowest BCUT2D eigenvalue weighted by molar-refractivity contribution is -0.142. The van der Waals surface area contributed by atoms with E-state index in [2.05, 4.69) is 6.92 Å². The molecule has 0 aromatic rings. The highest BCUT2D eigenvalue weighted by Crippen LogP contribution is 2.22. The van der Waals surface area contributed by atoms with Crippen LogP contribution >= 0.6 is 11.8 Å². The molecule has 0 aromatic heterocycles. The van der Waals surface area contributed by atoms with E-state index in [1.54, 1.807) is 11.8 Å². The Balaban J connectivity index is 3.87. The van der Waals surface area contributed by atoms with Crippen molar-refractivity contribution in [3.63, 3.8) is 0 Å². The molecule has 0 saturated carbocycles. The number of carbonyl (C=O) groups is 1. The first kappa shape index (κ1) is 19.8. The van der Waals surface area contributed by atoms with E-state index in [4.69, 9.17) is 4.74 Å². The van der Waals surface area contributed by atoms with Gasteiger partial charge < -0.3 is 4.74 Å². The number of hydrogen-bond donors (Lipinski definition) is 0. The summed E-state index contributed by atoms with van der Waals surface area (Å²) < 4.78 is 18.2. The molecule has 0 aliphatic heterocycles. The van der Waals surface area contributed by atoms with Gasteiger partial charge in [-0.3, -0.25) is 4.79 Å². The summed E-state index contributed by atoms with van der Waals surface area (Å²) in [7, 11) is 0. The Morgan fingerprint density at radius 2 is 1.80 bits per heavy atom. The van der Waals surface area contributed by atoms with E-state index in [-0.39, 0.29) is 11.2 Å². The Morgan fingerprint density at radius 3 is 2.40 bits per heavy atom. The molecule has 0 amide bonds. The summed E-state index contributed by atoms with van der Waals surface area (Å²) in [5, 5.41) is -0.0335. The molecule has 0 fully saturated rings. The van der Waals surface area contributed by atoms with Gasteiger partial charge in [0.05, 0.1) is 12.8 Å². The highest BCUT2D eigenvalue weighted by Gasteiger charge is 2.19. The number of ether oxygens (including phenoxy) is 1. The maximum Gasteiger partial charge on any atom is 0.319 e. The molecule has 0 saturated heterocycles. The number of halogens is 1. The first-order chi connectivity index (χ1) is 9.65. The van der Waals surface area contributed by atoms with Gasteiger partial charge in [0.25, 0.3) is 0 Å². The summed E-state index contributed by atoms with van der Waals surface area (Å²) in [6.07, 6.45) is 6.79. The van der Waals surface area contributed by atoms with Crippen LogP contribution < -0.4 is 0 Å². The molecule has 4 heteroatoms. The summed E-state index contributed by atoms with van der Waals surface area (Å²) in [6.45, 7) is 6.33. The lowest BCUT2D eigenvalue weighted by Crippen LogP contribution is -2.21. The highest BCUT2D eigenvalue weighted by molar-refractivity contribution is 8.00. The Hall–Kier alpha value is -0.250. The lowest BCUT2D eigenvalue weighted by atomic mass is 10.1. The second-order valence-electron chi connectivity index (χ2n) is 5.11. The van der Waals surface area contributed by atoms with Crippen molar-refractivity contribution < 1.29 is 13.9 Å². The molecular formula is C16H31FO2S. The van der Waals surface area contributed by atoms with Gasteiger partial charge >= 0.3 is 5.97 Å². The van der Waals surface area contributed by atoms with Crippen molar-refractivity contribution in [2.45, 2.75) is 83.6 Å². The molecule has 0 N–H and O–H groups in total. The number of unbranched alkanes of at least 4 members (excludes halogenated alkanes) is 3. The summed E-state index contributed by atoms with van der Waals surface area (Å²) in [6, 6.07) is 0. The standard InChI is InChI=1S/C16H31FO2S/c1-4-7-8-12-15(16(18)19-6-3)20-13-10-9-11-14(17)5-2/h14-15H,4-13H2,1-3H3. The third-order valence-electron chi connectivity index (χ3n) is 3.29. The first-order valence-corrected chi connectivity index (χ1v) is 9.12. The quantitative estimate of drug-likeness (QED) is 0.348. The van der Waals surface area contributed by atoms with Gasteiger partial charge in [-0.1, -0.05) is 33.1 Å². The minimum Gasteiger partial charge on any atom is -0.465 e. The van der Waals surface area contributed by atoms with Crippen molar-refractivity contribution in [2.24, 2.45) is 0 Å². The van der Waals surface area contributed by atoms with Gasteiger partial charge in [0.2, 0.25) is 0 Å². The summed E-state index contributed by atoms with van der Waals surface area (Å²) in [5.74, 6) is 0.844. The number of carbonyl (C=O) groups excluding carboxylic acids is 1. The molecule has 20 heavy (non-hydrogen) atoms. The van der Waals surface area contributed by atoms with E-state index in [0.29, 0.717) is 19.4 Å². The Kier molecular flexibility index (Phi) is 13.5. The molecule has 0 aromatic carbocycles. The topological polar surface area (TPSA) is 26.3 Å². The van der Waals surface area contributed by atoms with E-state index in [1.165, 1.54) is 0 Å². The van der Waals surface area contributed by atoms with Gasteiger partial charge in [-0.25, -0.2) is 4.39 Å². The third kappa shape index (κ3) is 10.5. The normalized spacial score (nSPS) is 14.0. The van der Waals surface area contributed by atoms with Crippen LogP contribution in [0.5, 0.6) is 0 Å². The van der Waals surface area contributed by atoms with Crippen LogP contribution in [0.15, 0.2) is 0 Å². The number of hydrogen-bond acceptors (Lipinski definition) is 3. The minimum atomic E-state index is -0.662. The van der Waals surface area contributed by atoms with Gasteiger partial charge in [0.1, 0.15) is 5.25 Å². The van der Waals surface area contributed by atoms with Crippen molar-refractivity contribution >= 4 is 17.7 Å². The van der Waals surface area contributed by atoms with Gasteiger partial charge in [-0.2, -0.15) is 0 Å². The molecule has 0 aliphatic rings. The van der Waals surface area contributed by atoms with Crippen molar-refractivity contribution in [1.82, 2.24) is 0 Å². The highest BCUT2D eigenvalue weighted by atomic mass is 32.2. The van der Waals surface area contributed by atoms with E-state index in [1.807, 2.05) is 13.8 Å². The molecule has 0 rings (SSSR count). The fourth-order valence-electron chi connectivity index (χ4n) is 1.98. The Bertz CT molecular complexity index is 237. The third-order valence-corrected chi connectivity index (χ3v) is 4.65. The van der Waals surface area contributed by atoms with Crippen LogP contribution in [0.3, 0.4) is 0 Å². The predicted molar refractivity (Wildman–Crippen MR) is 86.1 cm³/mol. The van der Waals surface area contributed by atoms with Gasteiger partial charge in [-0.05, 0) is 44.8 Å². The molecule has 0 heterocycles. The van der Waals surface area contributed by atoms with E-state index < -0.39 is 6.17 Å². The Morgan fingerprint density at radius 1 is 1.10 bits per heavy atom. The fourth-order valence-corrected chi connectivity index (χ4v) is 3.17. The summed E-state index contributed by atoms with van der Waals surface area (Å²) in [5.41, 5.74) is 0. The maximum absolute atomic E-state index is 13.1. The number of thioether (sulfide) groups is 1. The number of esters is 1. The monoisotopic (exact) mass is 306 g/mol. The van der Waals surface area contributed by atoms with Crippen LogP contribution in [0, 0.1) is 0 Å². The lowest BCUT2D eigenvalue weighted by Gasteiger charge is -2.15. The number of alkyl halides is 1. The molecule has 0 spiro atoms. The van der Waals surface area contributed by atoms with Crippen LogP contribution in [0.4, 0.5) is 4.39 Å². The largest absolute Gasteiger partial charge is 0.465 e. The van der Waals surface area contributed by atoms with Gasteiger partial charge in [0, 0.05) is 0 Å². The Labute approximate surface area is 128 Å². The predicted octanol–water partition coefficient (Wildman–Crippen LogP) is 5.15. The second kappa shape index (κ2) is 13.7. The minimum absolute atomic E-state index is 0.0335. The summed E-state index contributed by atoms with van der Waals surface area (Å²) >= 11 is 1.68. The van der Waals surface area contributed by atoms with E-state index >= 15 is 0 Å². The SMILES string of the molecule is CCCCCC(SCCCCC(F)CC)C(=O)OCC. The van der Waals surface area contributed by atoms with Crippen molar-refractivity contribution in [1.29, 1.82) is 0 Å². The molecule has 2 unspecified atom stereocenters. The second-order valence-corrected chi connectivity index (χ2v) is 6.42. The van der Waals surface area contributed by atoms with Crippen molar-refractivity contribution in [3.8, 4) is 0 Å². The number of rotatable bonds is 13. The zero-order valence-corrected chi connectivity index (χ0v) is 14.1. The molecule has 0 radical (unpaired) electrons. The molecular weight excluding hydrogens is 275 g/mol. The van der Waals surface area contributed by atoms with Gasteiger partial charge in [0.15, 0.2) is 0 Å². The van der Waals surface area contributed by atoms with Crippen LogP contribution in [0.1, 0.15) is 72.1 Å². The van der Waals surface area contributed by atoms with Gasteiger partial charge in [-0.15, -0.1) is 11.8 Å². The zero-order valence-electron chi connectivity index (χ0n) is 13.3. The molecule has 120 valence electrons. The van der Waals surface area contributed by atoms with E-state index in [9.17, 15) is 9.18 Å². The first-order valence-electron chi connectivity index (χ1n) is 8.07. The zero-order chi connectivity index (χ0) is 15.2. The maximum atomic E-state index is 13.1. The van der Waals surface area contributed by atoms with Crippen LogP contribution in [-0.4, -0.2) is 29.8 Å². The van der Waals surface area contributed by atoms with Crippen LogP contribution in [-0.2, 0) is 9.53 Å². The van der Waals surface area contributed by atoms with Crippen LogP contribution in [0.25, 0.3) is 0 Å². The van der Waals surface area contributed by atoms with E-state index in [0.717, 1.165) is 44.3 Å². The summed E-state index contributed by atoms with van der Waals surface area (Å²) in [4.78, 5) is 11.9. The van der Waals surface area contributed by atoms with Crippen molar-refractivity contribution in [3.05, 3.63) is 0 Å². The van der Waals surface area contributed by atoms with Crippen molar-refractivity contribution in [2.75, 3.05) is 12.4 Å². The molecule has 2 atom stereocenters. The average molecular weight is 306 g/mol. The average Bonchev–Trinajstić information content (AvgIpc) is 2.45. The smallest absolute Gasteiger partial charge is 0.319 e.